The highest BCUT2D eigenvalue weighted by molar-refractivity contribution is 5.67. The van der Waals surface area contributed by atoms with Gasteiger partial charge in [0.05, 0.1) is 12.8 Å². The monoisotopic (exact) mass is 300 g/mol. The van der Waals surface area contributed by atoms with Crippen molar-refractivity contribution < 1.29 is 14.6 Å². The predicted molar refractivity (Wildman–Crippen MR) is 76.9 cm³/mol. The van der Waals surface area contributed by atoms with Gasteiger partial charge in [0.25, 0.3) is 5.56 Å². The molecule has 0 atom stereocenters. The molecule has 0 saturated heterocycles. The van der Waals surface area contributed by atoms with Crippen LogP contribution in [0.5, 0.6) is 5.75 Å². The molecule has 112 valence electrons. The van der Waals surface area contributed by atoms with Gasteiger partial charge >= 0.3 is 5.97 Å². The summed E-state index contributed by atoms with van der Waals surface area (Å²) < 4.78 is 7.31. The average molecular weight is 300 g/mol. The standard InChI is InChI=1S/C14H12N4O4/c1-22-10-4-2-9(3-5-10)11-6-12-14(21)17(7-13(19)20)15-8-18(12)16-11/h2-6,8H,7H2,1H3,(H,19,20). The number of ether oxygens (including phenoxy) is 1. The molecule has 0 aliphatic carbocycles. The van der Waals surface area contributed by atoms with E-state index in [2.05, 4.69) is 10.2 Å². The molecule has 2 aromatic heterocycles. The third kappa shape index (κ3) is 2.41. The Hall–Kier alpha value is -3.16. The van der Waals surface area contributed by atoms with Crippen LogP contribution in [0, 0.1) is 0 Å². The molecule has 3 rings (SSSR count). The van der Waals surface area contributed by atoms with Crippen molar-refractivity contribution in [3.63, 3.8) is 0 Å². The number of carbonyl (C=O) groups is 1. The molecule has 0 aliphatic rings. The zero-order chi connectivity index (χ0) is 15.7. The molecular weight excluding hydrogens is 288 g/mol. The number of fused-ring (bicyclic) bond motifs is 1. The van der Waals surface area contributed by atoms with Crippen LogP contribution >= 0.6 is 0 Å². The summed E-state index contributed by atoms with van der Waals surface area (Å²) in [5, 5.41) is 16.8. The molecule has 0 radical (unpaired) electrons. The van der Waals surface area contributed by atoms with Crippen LogP contribution in [0.25, 0.3) is 16.8 Å². The lowest BCUT2D eigenvalue weighted by Gasteiger charge is -2.00. The van der Waals surface area contributed by atoms with Crippen LogP contribution in [0.4, 0.5) is 0 Å². The summed E-state index contributed by atoms with van der Waals surface area (Å²) in [6, 6.07) is 8.83. The van der Waals surface area contributed by atoms with E-state index in [4.69, 9.17) is 9.84 Å². The van der Waals surface area contributed by atoms with Gasteiger partial charge in [-0.2, -0.15) is 10.2 Å². The first kappa shape index (κ1) is 13.8. The molecule has 0 saturated carbocycles. The average Bonchev–Trinajstić information content (AvgIpc) is 2.95. The highest BCUT2D eigenvalue weighted by Gasteiger charge is 2.11. The smallest absolute Gasteiger partial charge is 0.325 e. The Bertz CT molecular complexity index is 895. The quantitative estimate of drug-likeness (QED) is 0.759. The number of carboxylic acids is 1. The predicted octanol–water partition coefficient (Wildman–Crippen LogP) is 0.651. The summed E-state index contributed by atoms with van der Waals surface area (Å²) in [6.07, 6.45) is 1.31. The van der Waals surface area contributed by atoms with E-state index in [0.717, 1.165) is 16.0 Å². The third-order valence-corrected chi connectivity index (χ3v) is 3.16. The van der Waals surface area contributed by atoms with Crippen LogP contribution in [-0.2, 0) is 11.3 Å². The van der Waals surface area contributed by atoms with Gasteiger partial charge in [0.15, 0.2) is 0 Å². The van der Waals surface area contributed by atoms with Crippen LogP contribution in [-0.4, -0.2) is 37.6 Å². The molecule has 0 fully saturated rings. The van der Waals surface area contributed by atoms with Crippen molar-refractivity contribution in [2.45, 2.75) is 6.54 Å². The number of nitrogens with zero attached hydrogens (tertiary/aromatic N) is 4. The summed E-state index contributed by atoms with van der Waals surface area (Å²) in [7, 11) is 1.58. The summed E-state index contributed by atoms with van der Waals surface area (Å²) >= 11 is 0. The van der Waals surface area contributed by atoms with Gasteiger partial charge in [-0.25, -0.2) is 9.20 Å². The minimum Gasteiger partial charge on any atom is -0.497 e. The normalized spacial score (nSPS) is 10.8. The molecule has 0 spiro atoms. The van der Waals surface area contributed by atoms with Crippen molar-refractivity contribution in [3.8, 4) is 17.0 Å². The summed E-state index contributed by atoms with van der Waals surface area (Å²) in [5.41, 5.74) is 1.17. The second-order valence-electron chi connectivity index (χ2n) is 4.58. The van der Waals surface area contributed by atoms with Gasteiger partial charge in [-0.3, -0.25) is 9.59 Å². The van der Waals surface area contributed by atoms with E-state index in [-0.39, 0.29) is 5.52 Å². The van der Waals surface area contributed by atoms with E-state index in [9.17, 15) is 9.59 Å². The van der Waals surface area contributed by atoms with E-state index in [1.165, 1.54) is 10.8 Å². The van der Waals surface area contributed by atoms with Gasteiger partial charge in [0.2, 0.25) is 0 Å². The number of aliphatic carboxylic acids is 1. The van der Waals surface area contributed by atoms with E-state index in [1.54, 1.807) is 25.3 Å². The van der Waals surface area contributed by atoms with Crippen LogP contribution in [0.2, 0.25) is 0 Å². The Morgan fingerprint density at radius 3 is 2.68 bits per heavy atom. The van der Waals surface area contributed by atoms with Crippen molar-refractivity contribution in [2.24, 2.45) is 0 Å². The minimum absolute atomic E-state index is 0.266. The van der Waals surface area contributed by atoms with Crippen LogP contribution < -0.4 is 10.3 Å². The van der Waals surface area contributed by atoms with Gasteiger partial charge in [-0.15, -0.1) is 0 Å². The largest absolute Gasteiger partial charge is 0.497 e. The Balaban J connectivity index is 2.07. The zero-order valence-corrected chi connectivity index (χ0v) is 11.6. The maximum absolute atomic E-state index is 12.2. The second-order valence-corrected chi connectivity index (χ2v) is 4.58. The van der Waals surface area contributed by atoms with Crippen molar-refractivity contribution >= 4 is 11.5 Å². The van der Waals surface area contributed by atoms with Crippen LogP contribution in [0.1, 0.15) is 0 Å². The highest BCUT2D eigenvalue weighted by atomic mass is 16.5. The molecular formula is C14H12N4O4. The topological polar surface area (TPSA) is 98.7 Å². The molecule has 8 heteroatoms. The fourth-order valence-electron chi connectivity index (χ4n) is 2.08. The van der Waals surface area contributed by atoms with E-state index >= 15 is 0 Å². The van der Waals surface area contributed by atoms with Gasteiger partial charge in [0.1, 0.15) is 24.1 Å². The highest BCUT2D eigenvalue weighted by Crippen LogP contribution is 2.21. The van der Waals surface area contributed by atoms with Crippen LogP contribution in [0.15, 0.2) is 41.5 Å². The van der Waals surface area contributed by atoms with E-state index in [1.807, 2.05) is 12.1 Å². The Labute approximate surface area is 124 Å². The van der Waals surface area contributed by atoms with Crippen molar-refractivity contribution in [2.75, 3.05) is 7.11 Å². The Morgan fingerprint density at radius 2 is 2.05 bits per heavy atom. The number of hydrogen-bond acceptors (Lipinski definition) is 5. The molecule has 0 bridgehead atoms. The molecule has 0 aliphatic heterocycles. The fourth-order valence-corrected chi connectivity index (χ4v) is 2.08. The first-order chi connectivity index (χ1) is 10.6. The molecule has 2 heterocycles. The maximum atomic E-state index is 12.2. The molecule has 22 heavy (non-hydrogen) atoms. The fraction of sp³-hybridized carbons (Fsp3) is 0.143. The SMILES string of the molecule is COc1ccc(-c2cc3c(=O)n(CC(=O)O)ncn3n2)cc1. The first-order valence-electron chi connectivity index (χ1n) is 6.40. The lowest BCUT2D eigenvalue weighted by atomic mass is 10.1. The Morgan fingerprint density at radius 1 is 1.32 bits per heavy atom. The van der Waals surface area contributed by atoms with E-state index in [0.29, 0.717) is 5.69 Å². The number of rotatable bonds is 4. The molecule has 3 aromatic rings. The van der Waals surface area contributed by atoms with Gasteiger partial charge < -0.3 is 9.84 Å². The number of hydrogen-bond donors (Lipinski definition) is 1. The molecule has 0 amide bonds. The number of benzene rings is 1. The second kappa shape index (κ2) is 5.32. The zero-order valence-electron chi connectivity index (χ0n) is 11.6. The minimum atomic E-state index is -1.13. The number of aromatic nitrogens is 4. The van der Waals surface area contributed by atoms with Crippen molar-refractivity contribution in [3.05, 3.63) is 47.0 Å². The van der Waals surface area contributed by atoms with E-state index < -0.39 is 18.1 Å². The molecule has 1 aromatic carbocycles. The third-order valence-electron chi connectivity index (χ3n) is 3.16. The van der Waals surface area contributed by atoms with Crippen molar-refractivity contribution in [1.82, 2.24) is 19.4 Å². The maximum Gasteiger partial charge on any atom is 0.325 e. The van der Waals surface area contributed by atoms with Crippen molar-refractivity contribution in [1.29, 1.82) is 0 Å². The molecule has 8 nitrogen and oxygen atoms in total. The first-order valence-corrected chi connectivity index (χ1v) is 6.40. The lowest BCUT2D eigenvalue weighted by molar-refractivity contribution is -0.138. The van der Waals surface area contributed by atoms with Gasteiger partial charge in [0, 0.05) is 5.56 Å². The molecule has 0 unspecified atom stereocenters. The Kier molecular flexibility index (Phi) is 3.34. The number of carboxylic acid groups (broad SMARTS) is 1. The lowest BCUT2D eigenvalue weighted by Crippen LogP contribution is -2.27. The van der Waals surface area contributed by atoms with Gasteiger partial charge in [-0.05, 0) is 30.3 Å². The van der Waals surface area contributed by atoms with Crippen LogP contribution in [0.3, 0.4) is 0 Å². The number of methoxy groups -OCH3 is 1. The molecule has 1 N–H and O–H groups in total. The summed E-state index contributed by atoms with van der Waals surface area (Å²) in [4.78, 5) is 22.9. The summed E-state index contributed by atoms with van der Waals surface area (Å²) in [6.45, 7) is -0.488. The van der Waals surface area contributed by atoms with Gasteiger partial charge in [-0.1, -0.05) is 0 Å². The summed E-state index contributed by atoms with van der Waals surface area (Å²) in [5.74, 6) is -0.410.